The number of fused-ring (bicyclic) bond motifs is 1. The highest BCUT2D eigenvalue weighted by Crippen LogP contribution is 2.30. The second-order valence-corrected chi connectivity index (χ2v) is 3.89. The lowest BCUT2D eigenvalue weighted by atomic mass is 10.2. The van der Waals surface area contributed by atoms with Gasteiger partial charge in [-0.15, -0.1) is 0 Å². The third-order valence-corrected chi connectivity index (χ3v) is 2.81. The number of nitrogens with one attached hydrogen (secondary N) is 1. The first kappa shape index (κ1) is 10.7. The van der Waals surface area contributed by atoms with Crippen LogP contribution in [-0.2, 0) is 0 Å². The molecule has 1 amide bonds. The summed E-state index contributed by atoms with van der Waals surface area (Å²) in [5, 5.41) is 4.80. The lowest BCUT2D eigenvalue weighted by Crippen LogP contribution is -2.11. The quantitative estimate of drug-likeness (QED) is 0.725. The molecule has 0 radical (unpaired) electrons. The van der Waals surface area contributed by atoms with Crippen molar-refractivity contribution in [2.75, 3.05) is 0 Å². The predicted molar refractivity (Wildman–Crippen MR) is 62.9 cm³/mol. The summed E-state index contributed by atoms with van der Waals surface area (Å²) in [5.74, 6) is -0.889. The summed E-state index contributed by atoms with van der Waals surface area (Å²) in [5.41, 5.74) is 6.16. The summed E-state index contributed by atoms with van der Waals surface area (Å²) in [4.78, 5) is 21.8. The van der Waals surface area contributed by atoms with Crippen LogP contribution in [0.3, 0.4) is 0 Å². The summed E-state index contributed by atoms with van der Waals surface area (Å²) in [6.45, 7) is 0. The Morgan fingerprint density at radius 2 is 2.33 bits per heavy atom. The van der Waals surface area contributed by atoms with Gasteiger partial charge in [-0.05, 0) is 6.07 Å². The monoisotopic (exact) mass is 263 g/mol. The van der Waals surface area contributed by atoms with Crippen molar-refractivity contribution in [1.29, 1.82) is 0 Å². The average Bonchev–Trinajstić information content (AvgIpc) is 2.97. The molecule has 0 bridgehead atoms. The molecule has 0 atom stereocenters. The van der Waals surface area contributed by atoms with Crippen LogP contribution in [0.25, 0.3) is 22.4 Å². The van der Waals surface area contributed by atoms with Crippen molar-refractivity contribution in [1.82, 2.24) is 20.1 Å². The summed E-state index contributed by atoms with van der Waals surface area (Å²) in [6.07, 6.45) is 3.22. The number of H-pyrrole nitrogens is 1. The minimum Gasteiger partial charge on any atom is -0.361 e. The van der Waals surface area contributed by atoms with Gasteiger partial charge in [0, 0.05) is 17.8 Å². The maximum atomic E-state index is 10.9. The first-order valence-electron chi connectivity index (χ1n) is 4.92. The Morgan fingerprint density at radius 3 is 3.06 bits per heavy atom. The maximum absolute atomic E-state index is 10.9. The number of hydrogen-bond acceptors (Lipinski definition) is 5. The fraction of sp³-hybridized carbons (Fsp3) is 0. The van der Waals surface area contributed by atoms with Crippen molar-refractivity contribution in [2.24, 2.45) is 5.73 Å². The van der Waals surface area contributed by atoms with E-state index in [1.807, 2.05) is 0 Å². The fourth-order valence-electron chi connectivity index (χ4n) is 1.56. The number of nitrogens with zero attached hydrogens (tertiary/aromatic N) is 3. The molecule has 0 saturated heterocycles. The van der Waals surface area contributed by atoms with Crippen LogP contribution in [0.1, 0.15) is 10.7 Å². The van der Waals surface area contributed by atoms with E-state index < -0.39 is 5.91 Å². The van der Waals surface area contributed by atoms with Crippen molar-refractivity contribution in [3.63, 3.8) is 0 Å². The minimum absolute atomic E-state index is 0.171. The molecule has 3 aromatic heterocycles. The molecule has 7 nitrogen and oxygen atoms in total. The van der Waals surface area contributed by atoms with Gasteiger partial charge >= 0.3 is 11.8 Å². The van der Waals surface area contributed by atoms with Gasteiger partial charge < -0.3 is 15.2 Å². The summed E-state index contributed by atoms with van der Waals surface area (Å²) in [6, 6.07) is 1.78. The van der Waals surface area contributed by atoms with Gasteiger partial charge in [0.15, 0.2) is 0 Å². The molecule has 3 rings (SSSR count). The van der Waals surface area contributed by atoms with Crippen molar-refractivity contribution >= 4 is 28.5 Å². The van der Waals surface area contributed by atoms with E-state index in [4.69, 9.17) is 21.9 Å². The molecule has 3 aromatic rings. The first-order chi connectivity index (χ1) is 8.66. The largest absolute Gasteiger partial charge is 0.361 e. The highest BCUT2D eigenvalue weighted by atomic mass is 35.5. The zero-order valence-corrected chi connectivity index (χ0v) is 9.60. The Morgan fingerprint density at radius 1 is 1.50 bits per heavy atom. The molecule has 0 aliphatic rings. The molecule has 8 heteroatoms. The molecule has 3 heterocycles. The number of aromatic nitrogens is 4. The topological polar surface area (TPSA) is 111 Å². The van der Waals surface area contributed by atoms with Crippen LogP contribution >= 0.6 is 11.6 Å². The normalized spacial score (nSPS) is 10.9. The molecule has 0 saturated carbocycles. The summed E-state index contributed by atoms with van der Waals surface area (Å²) >= 11 is 6.21. The molecule has 0 spiro atoms. The summed E-state index contributed by atoms with van der Waals surface area (Å²) in [7, 11) is 0. The number of hydrogen-bond donors (Lipinski definition) is 2. The van der Waals surface area contributed by atoms with Gasteiger partial charge in [0.1, 0.15) is 5.65 Å². The van der Waals surface area contributed by atoms with Crippen molar-refractivity contribution in [2.45, 2.75) is 0 Å². The van der Waals surface area contributed by atoms with E-state index in [1.54, 1.807) is 12.3 Å². The number of nitrogens with two attached hydrogens (primary N) is 1. The molecule has 0 aliphatic carbocycles. The molecule has 0 aromatic carbocycles. The molecule has 0 fully saturated rings. The standard InChI is InChI=1S/C10H6ClN5O2/c11-6-4-1-2-13-8(4)14-3-5(6)9-15-10(7(12)17)18-16-9/h1-3H,(H2,12,17)(H,13,14). The number of aromatic amines is 1. The number of halogens is 1. The van der Waals surface area contributed by atoms with Crippen LogP contribution in [0, 0.1) is 0 Å². The Bertz CT molecular complexity index is 748. The molecular formula is C10H6ClN5O2. The Hall–Kier alpha value is -2.41. The van der Waals surface area contributed by atoms with Crippen LogP contribution in [0.5, 0.6) is 0 Å². The number of primary amides is 1. The Labute approximate surface area is 105 Å². The summed E-state index contributed by atoms with van der Waals surface area (Å²) < 4.78 is 4.70. The van der Waals surface area contributed by atoms with Crippen LogP contribution in [0.4, 0.5) is 0 Å². The van der Waals surface area contributed by atoms with Crippen molar-refractivity contribution < 1.29 is 9.32 Å². The van der Waals surface area contributed by atoms with Gasteiger partial charge in [0.2, 0.25) is 5.82 Å². The molecule has 3 N–H and O–H groups in total. The second kappa shape index (κ2) is 3.81. The van der Waals surface area contributed by atoms with Gasteiger partial charge in [-0.1, -0.05) is 16.8 Å². The molecule has 18 heavy (non-hydrogen) atoms. The van der Waals surface area contributed by atoms with Crippen LogP contribution in [0.2, 0.25) is 5.02 Å². The Kier molecular flexibility index (Phi) is 2.27. The minimum atomic E-state index is -0.791. The first-order valence-corrected chi connectivity index (χ1v) is 5.30. The van der Waals surface area contributed by atoms with Gasteiger partial charge in [-0.25, -0.2) is 4.98 Å². The average molecular weight is 264 g/mol. The predicted octanol–water partition coefficient (Wildman–Crippen LogP) is 1.37. The highest BCUT2D eigenvalue weighted by molar-refractivity contribution is 6.37. The van der Waals surface area contributed by atoms with Crippen molar-refractivity contribution in [3.8, 4) is 11.4 Å². The van der Waals surface area contributed by atoms with Crippen LogP contribution in [-0.4, -0.2) is 26.0 Å². The SMILES string of the molecule is NC(=O)c1nc(-c2cnc3[nH]ccc3c2Cl)no1. The number of amides is 1. The zero-order chi connectivity index (χ0) is 12.7. The third kappa shape index (κ3) is 1.52. The van der Waals surface area contributed by atoms with Crippen LogP contribution in [0.15, 0.2) is 23.0 Å². The lowest BCUT2D eigenvalue weighted by molar-refractivity contribution is 0.0958. The molecule has 0 aliphatic heterocycles. The van der Waals surface area contributed by atoms with Crippen molar-refractivity contribution in [3.05, 3.63) is 29.4 Å². The van der Waals surface area contributed by atoms with E-state index >= 15 is 0 Å². The lowest BCUT2D eigenvalue weighted by Gasteiger charge is -1.99. The number of pyridine rings is 1. The van der Waals surface area contributed by atoms with E-state index in [0.717, 1.165) is 5.39 Å². The second-order valence-electron chi connectivity index (χ2n) is 3.51. The highest BCUT2D eigenvalue weighted by Gasteiger charge is 2.17. The molecule has 90 valence electrons. The number of carbonyl (C=O) groups excluding carboxylic acids is 1. The van der Waals surface area contributed by atoms with Gasteiger partial charge in [0.05, 0.1) is 10.6 Å². The zero-order valence-electron chi connectivity index (χ0n) is 8.85. The van der Waals surface area contributed by atoms with Gasteiger partial charge in [-0.2, -0.15) is 4.98 Å². The third-order valence-electron chi connectivity index (χ3n) is 2.40. The van der Waals surface area contributed by atoms with Crippen LogP contribution < -0.4 is 5.73 Å². The van der Waals surface area contributed by atoms with E-state index in [1.165, 1.54) is 6.20 Å². The van der Waals surface area contributed by atoms with E-state index in [2.05, 4.69) is 20.1 Å². The van der Waals surface area contributed by atoms with E-state index in [-0.39, 0.29) is 11.7 Å². The van der Waals surface area contributed by atoms with Gasteiger partial charge in [-0.3, -0.25) is 4.79 Å². The van der Waals surface area contributed by atoms with Gasteiger partial charge in [0.25, 0.3) is 0 Å². The number of rotatable bonds is 2. The van der Waals surface area contributed by atoms with E-state index in [0.29, 0.717) is 16.2 Å². The maximum Gasteiger partial charge on any atom is 0.316 e. The van der Waals surface area contributed by atoms with E-state index in [9.17, 15) is 4.79 Å². The smallest absolute Gasteiger partial charge is 0.316 e. The molecular weight excluding hydrogens is 258 g/mol. The Balaban J connectivity index is 2.18. The number of carbonyl (C=O) groups is 1. The fourth-order valence-corrected chi connectivity index (χ4v) is 1.85. The molecule has 0 unspecified atom stereocenters.